The van der Waals surface area contributed by atoms with Gasteiger partial charge in [0.15, 0.2) is 18.1 Å². The Labute approximate surface area is 226 Å². The first-order valence-corrected chi connectivity index (χ1v) is 12.4. The fraction of sp³-hybridized carbons (Fsp3) is 0.440. The summed E-state index contributed by atoms with van der Waals surface area (Å²) in [6.07, 6.45) is -8.79. The lowest BCUT2D eigenvalue weighted by Gasteiger charge is -2.35. The smallest absolute Gasteiger partial charge is 0.330 e. The van der Waals surface area contributed by atoms with Gasteiger partial charge in [0.25, 0.3) is 11.5 Å². The predicted octanol–water partition coefficient (Wildman–Crippen LogP) is -2.56. The fourth-order valence-corrected chi connectivity index (χ4v) is 4.51. The summed E-state index contributed by atoms with van der Waals surface area (Å²) in [5.41, 5.74) is 5.30. The first kappa shape index (κ1) is 29.1. The van der Waals surface area contributed by atoms with Crippen LogP contribution in [0, 0.1) is 5.92 Å². The number of hydrogen-bond acceptors (Lipinski definition) is 11. The molecule has 0 aliphatic carbocycles. The first-order chi connectivity index (χ1) is 19.0. The highest BCUT2D eigenvalue weighted by molar-refractivity contribution is 6.02. The molecule has 2 amide bonds. The molecule has 0 unspecified atom stereocenters. The molecule has 4 rings (SSSR count). The number of amides is 2. The van der Waals surface area contributed by atoms with Crippen LogP contribution in [0.1, 0.15) is 18.7 Å². The zero-order valence-corrected chi connectivity index (χ0v) is 21.2. The van der Waals surface area contributed by atoms with Crippen molar-refractivity contribution in [1.29, 1.82) is 0 Å². The third kappa shape index (κ3) is 5.99. The van der Waals surface area contributed by atoms with Crippen molar-refractivity contribution in [2.24, 2.45) is 11.7 Å². The van der Waals surface area contributed by atoms with Crippen LogP contribution < -0.4 is 22.3 Å². The molecule has 15 heteroatoms. The van der Waals surface area contributed by atoms with E-state index >= 15 is 0 Å². The average molecular weight is 563 g/mol. The maximum Gasteiger partial charge on any atom is 0.330 e. The zero-order valence-electron chi connectivity index (χ0n) is 21.2. The van der Waals surface area contributed by atoms with E-state index in [9.17, 15) is 39.6 Å². The Hall–Kier alpha value is -3.86. The van der Waals surface area contributed by atoms with Gasteiger partial charge in [0.2, 0.25) is 12.2 Å². The van der Waals surface area contributed by atoms with Gasteiger partial charge in [-0.05, 0) is 30.2 Å². The van der Waals surface area contributed by atoms with Gasteiger partial charge in [0.1, 0.15) is 24.4 Å². The third-order valence-electron chi connectivity index (χ3n) is 6.66. The number of nitrogens with two attached hydrogens (primary N) is 1. The zero-order chi connectivity index (χ0) is 29.1. The summed E-state index contributed by atoms with van der Waals surface area (Å²) >= 11 is 0. The Balaban J connectivity index is 1.54. The van der Waals surface area contributed by atoms with Crippen LogP contribution in [0.3, 0.4) is 0 Å². The number of anilines is 1. The summed E-state index contributed by atoms with van der Waals surface area (Å²) < 4.78 is 17.6. The quantitative estimate of drug-likeness (QED) is 0.168. The topological polar surface area (TPSA) is 236 Å². The minimum absolute atomic E-state index is 0.420. The average Bonchev–Trinajstić information content (AvgIpc) is 3.24. The van der Waals surface area contributed by atoms with E-state index in [1.165, 1.54) is 0 Å². The summed E-state index contributed by atoms with van der Waals surface area (Å²) in [7, 11) is 0. The van der Waals surface area contributed by atoms with E-state index < -0.39 is 84.4 Å². The number of benzene rings is 1. The molecule has 0 bridgehead atoms. The number of hydrogen-bond donors (Lipinski definition) is 7. The van der Waals surface area contributed by atoms with Crippen molar-refractivity contribution in [2.45, 2.75) is 56.4 Å². The van der Waals surface area contributed by atoms with Crippen molar-refractivity contribution in [3.8, 4) is 0 Å². The van der Waals surface area contributed by atoms with E-state index in [1.807, 2.05) is 18.0 Å². The Morgan fingerprint density at radius 3 is 2.60 bits per heavy atom. The van der Waals surface area contributed by atoms with Gasteiger partial charge in [0, 0.05) is 23.9 Å². The summed E-state index contributed by atoms with van der Waals surface area (Å²) in [5, 5.41) is 44.1. The molecule has 15 nitrogen and oxygen atoms in total. The number of rotatable bonds is 9. The number of H-pyrrole nitrogens is 1. The van der Waals surface area contributed by atoms with Gasteiger partial charge >= 0.3 is 5.69 Å². The number of nitrogens with zero attached hydrogens (tertiary/aromatic N) is 1. The van der Waals surface area contributed by atoms with E-state index in [0.29, 0.717) is 5.69 Å². The van der Waals surface area contributed by atoms with Crippen LogP contribution in [0.2, 0.25) is 0 Å². The molecule has 2 aliphatic rings. The molecular weight excluding hydrogens is 532 g/mol. The predicted molar refractivity (Wildman–Crippen MR) is 135 cm³/mol. The number of aryl methyl sites for hydroxylation is 1. The van der Waals surface area contributed by atoms with Crippen molar-refractivity contribution >= 4 is 17.5 Å². The Morgan fingerprint density at radius 1 is 1.20 bits per heavy atom. The number of aromatic amines is 1. The van der Waals surface area contributed by atoms with Crippen LogP contribution in [0.4, 0.5) is 5.69 Å². The van der Waals surface area contributed by atoms with Gasteiger partial charge in [0.05, 0.1) is 6.61 Å². The third-order valence-corrected chi connectivity index (χ3v) is 6.66. The standard InChI is InChI=1S/C25H30N4O11/c1-2-11-4-3-5-12(8-11)27-22(36)15-9-14(31)18(34)24(38-15)40-20(21(26)35)19-13(10-30)17(33)23(39-19)29-7-6-16(32)28-25(29)37/h3-9,13-14,17-20,23-24,30-31,33-34H,2,10H2,1H3,(H2,26,35)(H,27,36)(H,28,32,37)/t13-,14-,17+,18-,19-,20+,23+,24+/m0/s1. The molecule has 0 radical (unpaired) electrons. The molecule has 1 fully saturated rings. The van der Waals surface area contributed by atoms with Crippen LogP contribution in [-0.4, -0.2) is 85.2 Å². The maximum absolute atomic E-state index is 12.8. The summed E-state index contributed by atoms with van der Waals surface area (Å²) in [6, 6.07) is 8.01. The number of aliphatic hydroxyl groups is 4. The number of aromatic nitrogens is 2. The van der Waals surface area contributed by atoms with E-state index in [-0.39, 0.29) is 0 Å². The lowest BCUT2D eigenvalue weighted by atomic mass is 9.94. The highest BCUT2D eigenvalue weighted by atomic mass is 16.7. The van der Waals surface area contributed by atoms with Crippen molar-refractivity contribution in [3.63, 3.8) is 0 Å². The van der Waals surface area contributed by atoms with Gasteiger partial charge in [-0.2, -0.15) is 0 Å². The van der Waals surface area contributed by atoms with Crippen LogP contribution >= 0.6 is 0 Å². The van der Waals surface area contributed by atoms with Crippen molar-refractivity contribution in [2.75, 3.05) is 11.9 Å². The van der Waals surface area contributed by atoms with E-state index in [2.05, 4.69) is 5.32 Å². The highest BCUT2D eigenvalue weighted by Crippen LogP contribution is 2.36. The van der Waals surface area contributed by atoms with Gasteiger partial charge < -0.3 is 45.7 Å². The molecule has 216 valence electrons. The number of nitrogens with one attached hydrogen (secondary N) is 2. The second-order valence-electron chi connectivity index (χ2n) is 9.31. The van der Waals surface area contributed by atoms with Crippen LogP contribution in [0.25, 0.3) is 0 Å². The van der Waals surface area contributed by atoms with E-state index in [0.717, 1.165) is 34.9 Å². The fourth-order valence-electron chi connectivity index (χ4n) is 4.51. The number of ether oxygens (including phenoxy) is 3. The minimum Gasteiger partial charge on any atom is -0.456 e. The van der Waals surface area contributed by atoms with Gasteiger partial charge in [-0.1, -0.05) is 19.1 Å². The lowest BCUT2D eigenvalue weighted by Crippen LogP contribution is -2.52. The molecule has 8 atom stereocenters. The van der Waals surface area contributed by atoms with Crippen molar-refractivity contribution < 1.29 is 44.2 Å². The summed E-state index contributed by atoms with van der Waals surface area (Å²) in [5.74, 6) is -3.58. The number of aliphatic hydroxyl groups excluding tert-OH is 4. The Morgan fingerprint density at radius 2 is 1.95 bits per heavy atom. The second kappa shape index (κ2) is 12.1. The summed E-state index contributed by atoms with van der Waals surface area (Å²) in [6.45, 7) is 1.20. The normalized spacial score (nSPS) is 28.8. The molecule has 3 heterocycles. The van der Waals surface area contributed by atoms with Gasteiger partial charge in [-0.15, -0.1) is 0 Å². The van der Waals surface area contributed by atoms with Crippen LogP contribution in [-0.2, 0) is 30.2 Å². The molecular formula is C25H30N4O11. The molecule has 2 aromatic rings. The SMILES string of the molecule is CCc1cccc(NC(=O)C2=C[C@H](O)[C@H](O)[C@@H](O[C@@H](C(N)=O)[C@H]3O[C@@H](n4ccc(=O)[nH]c4=O)[C@H](O)[C@@H]3CO)O2)c1. The lowest BCUT2D eigenvalue weighted by molar-refractivity contribution is -0.239. The highest BCUT2D eigenvalue weighted by Gasteiger charge is 2.51. The minimum atomic E-state index is -1.81. The molecule has 8 N–H and O–H groups in total. The van der Waals surface area contributed by atoms with Gasteiger partial charge in [-0.25, -0.2) is 4.79 Å². The molecule has 2 aliphatic heterocycles. The molecule has 0 spiro atoms. The molecule has 1 aromatic carbocycles. The van der Waals surface area contributed by atoms with Crippen LogP contribution in [0.5, 0.6) is 0 Å². The Kier molecular flexibility index (Phi) is 8.82. The second-order valence-corrected chi connectivity index (χ2v) is 9.31. The largest absolute Gasteiger partial charge is 0.456 e. The summed E-state index contributed by atoms with van der Waals surface area (Å²) in [4.78, 5) is 50.9. The van der Waals surface area contributed by atoms with Crippen molar-refractivity contribution in [1.82, 2.24) is 9.55 Å². The van der Waals surface area contributed by atoms with Crippen LogP contribution in [0.15, 0.2) is 58.0 Å². The Bertz CT molecular complexity index is 1390. The molecule has 1 aromatic heterocycles. The number of primary amides is 1. The van der Waals surface area contributed by atoms with E-state index in [1.54, 1.807) is 18.2 Å². The maximum atomic E-state index is 12.8. The molecule has 0 saturated carbocycles. The van der Waals surface area contributed by atoms with E-state index in [4.69, 9.17) is 19.9 Å². The van der Waals surface area contributed by atoms with Gasteiger partial charge in [-0.3, -0.25) is 23.9 Å². The van der Waals surface area contributed by atoms with Crippen molar-refractivity contribution in [3.05, 3.63) is 74.8 Å². The number of carbonyl (C=O) groups is 2. The molecule has 1 saturated heterocycles. The number of carbonyl (C=O) groups excluding carboxylic acids is 2. The molecule has 40 heavy (non-hydrogen) atoms. The monoisotopic (exact) mass is 562 g/mol. The first-order valence-electron chi connectivity index (χ1n) is 12.4.